The van der Waals surface area contributed by atoms with Crippen LogP contribution in [0.2, 0.25) is 0 Å². The number of nitrogens with one attached hydrogen (secondary N) is 1. The third-order valence-electron chi connectivity index (χ3n) is 2.84. The van der Waals surface area contributed by atoms with Gasteiger partial charge in [-0.2, -0.15) is 0 Å². The van der Waals surface area contributed by atoms with Crippen molar-refractivity contribution >= 4 is 33.2 Å². The van der Waals surface area contributed by atoms with Crippen molar-refractivity contribution in [1.82, 2.24) is 0 Å². The quantitative estimate of drug-likeness (QED) is 0.672. The van der Waals surface area contributed by atoms with Crippen LogP contribution in [0.15, 0.2) is 52.3 Å². The lowest BCUT2D eigenvalue weighted by atomic mass is 10.2. The summed E-state index contributed by atoms with van der Waals surface area (Å²) in [6.45, 7) is 1.74. The van der Waals surface area contributed by atoms with Gasteiger partial charge in [-0.05, 0) is 55.1 Å². The molecule has 2 rings (SSSR count). The molecule has 0 fully saturated rings. The molecular weight excluding hydrogens is 292 g/mol. The van der Waals surface area contributed by atoms with Crippen LogP contribution in [0.4, 0.5) is 11.4 Å². The number of rotatable bonds is 4. The predicted octanol–water partition coefficient (Wildman–Crippen LogP) is 3.10. The van der Waals surface area contributed by atoms with Crippen LogP contribution in [-0.4, -0.2) is 14.7 Å². The number of sulfonamides is 1. The molecule has 0 saturated heterocycles. The average Bonchev–Trinajstić information content (AvgIpc) is 2.42. The van der Waals surface area contributed by atoms with Gasteiger partial charge < -0.3 is 5.73 Å². The van der Waals surface area contributed by atoms with Crippen LogP contribution in [0.25, 0.3) is 0 Å². The van der Waals surface area contributed by atoms with Crippen molar-refractivity contribution in [3.8, 4) is 0 Å². The standard InChI is InChI=1S/C14H16N2O2S2/c1-10-3-4-11(15)9-14(10)20(17,18)16-12-5-7-13(19-2)8-6-12/h3-9,16H,15H2,1-2H3. The van der Waals surface area contributed by atoms with Gasteiger partial charge in [-0.25, -0.2) is 8.42 Å². The zero-order chi connectivity index (χ0) is 14.8. The first-order valence-electron chi connectivity index (χ1n) is 5.95. The molecule has 3 N–H and O–H groups in total. The SMILES string of the molecule is CSc1ccc(NS(=O)(=O)c2cc(N)ccc2C)cc1. The lowest BCUT2D eigenvalue weighted by molar-refractivity contribution is 0.600. The van der Waals surface area contributed by atoms with Gasteiger partial charge in [0.1, 0.15) is 0 Å². The lowest BCUT2D eigenvalue weighted by Gasteiger charge is -2.11. The fraction of sp³-hybridized carbons (Fsp3) is 0.143. The maximum atomic E-state index is 12.4. The van der Waals surface area contributed by atoms with E-state index in [4.69, 9.17) is 5.73 Å². The molecule has 0 bridgehead atoms. The maximum absolute atomic E-state index is 12.4. The van der Waals surface area contributed by atoms with Crippen LogP contribution in [0.5, 0.6) is 0 Å². The van der Waals surface area contributed by atoms with Gasteiger partial charge >= 0.3 is 0 Å². The molecule has 0 atom stereocenters. The van der Waals surface area contributed by atoms with E-state index < -0.39 is 10.0 Å². The van der Waals surface area contributed by atoms with Crippen LogP contribution in [0.1, 0.15) is 5.56 Å². The summed E-state index contributed by atoms with van der Waals surface area (Å²) >= 11 is 1.60. The molecule has 6 heteroatoms. The molecule has 0 aliphatic carbocycles. The van der Waals surface area contributed by atoms with Crippen molar-refractivity contribution in [3.05, 3.63) is 48.0 Å². The highest BCUT2D eigenvalue weighted by Gasteiger charge is 2.17. The summed E-state index contributed by atoms with van der Waals surface area (Å²) in [5, 5.41) is 0. The molecule has 0 spiro atoms. The van der Waals surface area contributed by atoms with E-state index in [0.29, 0.717) is 16.9 Å². The maximum Gasteiger partial charge on any atom is 0.262 e. The number of nitrogens with two attached hydrogens (primary N) is 1. The van der Waals surface area contributed by atoms with E-state index in [1.165, 1.54) is 6.07 Å². The van der Waals surface area contributed by atoms with Gasteiger partial charge in [-0.1, -0.05) is 6.07 Å². The minimum absolute atomic E-state index is 0.200. The molecule has 106 valence electrons. The molecule has 4 nitrogen and oxygen atoms in total. The van der Waals surface area contributed by atoms with Crippen molar-refractivity contribution in [3.63, 3.8) is 0 Å². The number of thioether (sulfide) groups is 1. The second kappa shape index (κ2) is 5.76. The number of hydrogen-bond acceptors (Lipinski definition) is 4. The summed E-state index contributed by atoms with van der Waals surface area (Å²) in [7, 11) is -3.62. The number of benzene rings is 2. The molecule has 0 aliphatic heterocycles. The van der Waals surface area contributed by atoms with Crippen molar-refractivity contribution in [2.45, 2.75) is 16.7 Å². The molecule has 0 amide bonds. The third kappa shape index (κ3) is 3.26. The summed E-state index contributed by atoms with van der Waals surface area (Å²) in [5.41, 5.74) is 7.28. The van der Waals surface area contributed by atoms with Crippen molar-refractivity contribution in [2.75, 3.05) is 16.7 Å². The predicted molar refractivity (Wildman–Crippen MR) is 84.6 cm³/mol. The van der Waals surface area contributed by atoms with Crippen LogP contribution >= 0.6 is 11.8 Å². The number of aryl methyl sites for hydroxylation is 1. The van der Waals surface area contributed by atoms with E-state index >= 15 is 0 Å². The van der Waals surface area contributed by atoms with E-state index in [1.54, 1.807) is 43.0 Å². The molecule has 0 aromatic heterocycles. The van der Waals surface area contributed by atoms with Gasteiger partial charge in [0.2, 0.25) is 0 Å². The zero-order valence-corrected chi connectivity index (χ0v) is 12.9. The van der Waals surface area contributed by atoms with Gasteiger partial charge in [-0.15, -0.1) is 11.8 Å². The van der Waals surface area contributed by atoms with Crippen LogP contribution in [-0.2, 0) is 10.0 Å². The van der Waals surface area contributed by atoms with Crippen LogP contribution in [0.3, 0.4) is 0 Å². The Balaban J connectivity index is 2.32. The van der Waals surface area contributed by atoms with Gasteiger partial charge in [0.15, 0.2) is 0 Å². The summed E-state index contributed by atoms with van der Waals surface area (Å²) in [6, 6.07) is 12.1. The molecule has 0 aliphatic rings. The Hall–Kier alpha value is -1.66. The molecule has 2 aromatic carbocycles. The topological polar surface area (TPSA) is 72.2 Å². The highest BCUT2D eigenvalue weighted by molar-refractivity contribution is 7.98. The first kappa shape index (κ1) is 14.7. The third-order valence-corrected chi connectivity index (χ3v) is 5.11. The fourth-order valence-electron chi connectivity index (χ4n) is 1.78. The highest BCUT2D eigenvalue weighted by atomic mass is 32.2. The summed E-state index contributed by atoms with van der Waals surface area (Å²) in [4.78, 5) is 1.28. The number of nitrogen functional groups attached to an aromatic ring is 1. The molecule has 0 heterocycles. The molecule has 0 unspecified atom stereocenters. The zero-order valence-electron chi connectivity index (χ0n) is 11.3. The molecular formula is C14H16N2O2S2. The summed E-state index contributed by atoms with van der Waals surface area (Å²) in [6.07, 6.45) is 1.97. The lowest BCUT2D eigenvalue weighted by Crippen LogP contribution is -2.14. The van der Waals surface area contributed by atoms with Gasteiger partial charge in [0.25, 0.3) is 10.0 Å². The van der Waals surface area contributed by atoms with E-state index in [9.17, 15) is 8.42 Å². The Labute approximate surface area is 123 Å². The van der Waals surface area contributed by atoms with Gasteiger partial charge in [0, 0.05) is 16.3 Å². The summed E-state index contributed by atoms with van der Waals surface area (Å²) in [5.74, 6) is 0. The fourth-order valence-corrected chi connectivity index (χ4v) is 3.52. The van der Waals surface area contributed by atoms with E-state index in [1.807, 2.05) is 18.4 Å². The second-order valence-corrected chi connectivity index (χ2v) is 6.89. The molecule has 0 saturated carbocycles. The minimum atomic E-state index is -3.62. The normalized spacial score (nSPS) is 11.3. The van der Waals surface area contributed by atoms with Crippen molar-refractivity contribution in [1.29, 1.82) is 0 Å². The van der Waals surface area contributed by atoms with Crippen molar-refractivity contribution in [2.24, 2.45) is 0 Å². The van der Waals surface area contributed by atoms with Gasteiger partial charge in [0.05, 0.1) is 4.90 Å². The average molecular weight is 308 g/mol. The molecule has 2 aromatic rings. The monoisotopic (exact) mass is 308 g/mol. The number of hydrogen-bond donors (Lipinski definition) is 2. The Kier molecular flexibility index (Phi) is 4.25. The highest BCUT2D eigenvalue weighted by Crippen LogP contribution is 2.23. The second-order valence-electron chi connectivity index (χ2n) is 4.36. The summed E-state index contributed by atoms with van der Waals surface area (Å²) < 4.78 is 27.3. The smallest absolute Gasteiger partial charge is 0.262 e. The first-order chi connectivity index (χ1) is 9.42. The molecule has 20 heavy (non-hydrogen) atoms. The molecule has 0 radical (unpaired) electrons. The van der Waals surface area contributed by atoms with Crippen LogP contribution in [0, 0.1) is 6.92 Å². The van der Waals surface area contributed by atoms with Gasteiger partial charge in [-0.3, -0.25) is 4.72 Å². The first-order valence-corrected chi connectivity index (χ1v) is 8.66. The Bertz CT molecular complexity index is 710. The minimum Gasteiger partial charge on any atom is -0.399 e. The van der Waals surface area contributed by atoms with Crippen LogP contribution < -0.4 is 10.5 Å². The van der Waals surface area contributed by atoms with E-state index in [2.05, 4.69) is 4.72 Å². The largest absolute Gasteiger partial charge is 0.399 e. The Morgan fingerprint density at radius 3 is 2.35 bits per heavy atom. The van der Waals surface area contributed by atoms with Crippen molar-refractivity contribution < 1.29 is 8.42 Å². The number of anilines is 2. The van der Waals surface area contributed by atoms with E-state index in [-0.39, 0.29) is 4.90 Å². The Morgan fingerprint density at radius 2 is 1.75 bits per heavy atom. The van der Waals surface area contributed by atoms with E-state index in [0.717, 1.165) is 4.90 Å². The Morgan fingerprint density at radius 1 is 1.10 bits per heavy atom.